The summed E-state index contributed by atoms with van der Waals surface area (Å²) in [6, 6.07) is 9.87. The van der Waals surface area contributed by atoms with E-state index in [1.165, 1.54) is 13.2 Å². The molecule has 0 spiro atoms. The summed E-state index contributed by atoms with van der Waals surface area (Å²) in [5, 5.41) is 2.71. The lowest BCUT2D eigenvalue weighted by Crippen LogP contribution is -2.36. The van der Waals surface area contributed by atoms with Gasteiger partial charge in [0.1, 0.15) is 6.54 Å². The largest absolute Gasteiger partial charge is 0.493 e. The Labute approximate surface area is 193 Å². The number of methoxy groups -OCH3 is 1. The summed E-state index contributed by atoms with van der Waals surface area (Å²) in [4.78, 5) is 38.4. The summed E-state index contributed by atoms with van der Waals surface area (Å²) < 4.78 is 10.8. The van der Waals surface area contributed by atoms with Gasteiger partial charge in [0.05, 0.1) is 34.4 Å². The van der Waals surface area contributed by atoms with Crippen LogP contribution in [0.25, 0.3) is 6.08 Å². The molecule has 10 heteroatoms. The van der Waals surface area contributed by atoms with E-state index in [0.717, 1.165) is 16.7 Å². The first-order valence-electron chi connectivity index (χ1n) is 9.14. The van der Waals surface area contributed by atoms with E-state index in [0.29, 0.717) is 39.4 Å². The Balaban J connectivity index is 1.78. The average Bonchev–Trinajstić information content (AvgIpc) is 2.99. The van der Waals surface area contributed by atoms with E-state index in [-0.39, 0.29) is 4.91 Å². The van der Waals surface area contributed by atoms with Crippen molar-refractivity contribution in [3.8, 4) is 11.5 Å². The standard InChI is InChI=1S/C21H18Cl2N2O5S/c1-3-30-17-8-12(14(23)10-16(17)29-2)9-18-20(27)25(21(28)31-18)11-19(26)24-15-7-5-4-6-13(15)22/h4-10H,3,11H2,1-2H3,(H,24,26)/b18-9+. The number of carbonyl (C=O) groups excluding carboxylic acids is 3. The lowest BCUT2D eigenvalue weighted by atomic mass is 10.1. The number of para-hydroxylation sites is 1. The molecule has 0 radical (unpaired) electrons. The van der Waals surface area contributed by atoms with Crippen molar-refractivity contribution in [3.63, 3.8) is 0 Å². The number of benzene rings is 2. The normalized spacial score (nSPS) is 14.8. The molecule has 0 atom stereocenters. The number of amides is 3. The Kier molecular flexibility index (Phi) is 7.48. The number of carbonyl (C=O) groups is 3. The van der Waals surface area contributed by atoms with Gasteiger partial charge < -0.3 is 14.8 Å². The third-order valence-corrected chi connectivity index (χ3v) is 5.76. The van der Waals surface area contributed by atoms with Crippen LogP contribution >= 0.6 is 35.0 Å². The zero-order chi connectivity index (χ0) is 22.5. The maximum absolute atomic E-state index is 12.7. The maximum Gasteiger partial charge on any atom is 0.294 e. The maximum atomic E-state index is 12.7. The van der Waals surface area contributed by atoms with E-state index in [2.05, 4.69) is 5.32 Å². The molecule has 1 N–H and O–H groups in total. The van der Waals surface area contributed by atoms with Crippen LogP contribution in [0.5, 0.6) is 11.5 Å². The first-order valence-corrected chi connectivity index (χ1v) is 10.7. The highest BCUT2D eigenvalue weighted by molar-refractivity contribution is 8.18. The second-order valence-corrected chi connectivity index (χ2v) is 8.06. The summed E-state index contributed by atoms with van der Waals surface area (Å²) in [6.07, 6.45) is 1.49. The zero-order valence-corrected chi connectivity index (χ0v) is 18.9. The van der Waals surface area contributed by atoms with Crippen molar-refractivity contribution >= 4 is 63.8 Å². The van der Waals surface area contributed by atoms with E-state index in [4.69, 9.17) is 32.7 Å². The minimum Gasteiger partial charge on any atom is -0.493 e. The molecule has 2 aromatic carbocycles. The Bertz CT molecular complexity index is 1070. The van der Waals surface area contributed by atoms with Crippen LogP contribution in [-0.4, -0.2) is 42.2 Å². The number of ether oxygens (including phenoxy) is 2. The van der Waals surface area contributed by atoms with Gasteiger partial charge in [-0.3, -0.25) is 19.3 Å². The Morgan fingerprint density at radius 2 is 1.90 bits per heavy atom. The van der Waals surface area contributed by atoms with Crippen molar-refractivity contribution in [2.45, 2.75) is 6.92 Å². The number of hydrogen-bond acceptors (Lipinski definition) is 6. The van der Waals surface area contributed by atoms with Crippen LogP contribution in [0.3, 0.4) is 0 Å². The number of halogens is 2. The fourth-order valence-electron chi connectivity index (χ4n) is 2.76. The molecule has 0 aromatic heterocycles. The molecule has 1 heterocycles. The molecule has 1 aliphatic heterocycles. The minimum absolute atomic E-state index is 0.144. The second-order valence-electron chi connectivity index (χ2n) is 6.25. The van der Waals surface area contributed by atoms with Gasteiger partial charge in [0, 0.05) is 6.07 Å². The number of nitrogens with one attached hydrogen (secondary N) is 1. The monoisotopic (exact) mass is 480 g/mol. The van der Waals surface area contributed by atoms with E-state index in [9.17, 15) is 14.4 Å². The van der Waals surface area contributed by atoms with E-state index in [1.54, 1.807) is 36.4 Å². The second kappa shape index (κ2) is 10.1. The van der Waals surface area contributed by atoms with Crippen LogP contribution in [-0.2, 0) is 9.59 Å². The summed E-state index contributed by atoms with van der Waals surface area (Å²) >= 11 is 13.0. The highest BCUT2D eigenvalue weighted by atomic mass is 35.5. The van der Waals surface area contributed by atoms with Gasteiger partial charge in [-0.2, -0.15) is 0 Å². The molecule has 3 rings (SSSR count). The lowest BCUT2D eigenvalue weighted by molar-refractivity contribution is -0.127. The van der Waals surface area contributed by atoms with Crippen molar-refractivity contribution < 1.29 is 23.9 Å². The van der Waals surface area contributed by atoms with Gasteiger partial charge in [-0.15, -0.1) is 0 Å². The third kappa shape index (κ3) is 5.33. The number of nitrogens with zero attached hydrogens (tertiary/aromatic N) is 1. The molecule has 0 aliphatic carbocycles. The Hall–Kier alpha value is -2.68. The highest BCUT2D eigenvalue weighted by Gasteiger charge is 2.36. The van der Waals surface area contributed by atoms with E-state index in [1.807, 2.05) is 6.92 Å². The van der Waals surface area contributed by atoms with Crippen LogP contribution in [0.15, 0.2) is 41.3 Å². The molecule has 0 bridgehead atoms. The quantitative estimate of drug-likeness (QED) is 0.556. The van der Waals surface area contributed by atoms with Crippen molar-refractivity contribution in [2.75, 3.05) is 25.6 Å². The molecule has 0 saturated carbocycles. The predicted molar refractivity (Wildman–Crippen MR) is 122 cm³/mol. The molecular weight excluding hydrogens is 463 g/mol. The van der Waals surface area contributed by atoms with Crippen LogP contribution < -0.4 is 14.8 Å². The fourth-order valence-corrected chi connectivity index (χ4v) is 3.98. The van der Waals surface area contributed by atoms with Gasteiger partial charge in [-0.05, 0) is 48.5 Å². The Morgan fingerprint density at radius 3 is 2.58 bits per heavy atom. The van der Waals surface area contributed by atoms with Gasteiger partial charge in [0.25, 0.3) is 11.1 Å². The highest BCUT2D eigenvalue weighted by Crippen LogP contribution is 2.38. The smallest absolute Gasteiger partial charge is 0.294 e. The van der Waals surface area contributed by atoms with Gasteiger partial charge in [-0.1, -0.05) is 35.3 Å². The molecule has 162 valence electrons. The topological polar surface area (TPSA) is 84.9 Å². The van der Waals surface area contributed by atoms with Crippen molar-refractivity contribution in [3.05, 3.63) is 56.9 Å². The predicted octanol–water partition coefficient (Wildman–Crippen LogP) is 5.08. The molecule has 1 saturated heterocycles. The zero-order valence-electron chi connectivity index (χ0n) is 16.6. The molecule has 2 aromatic rings. The van der Waals surface area contributed by atoms with Gasteiger partial charge >= 0.3 is 0 Å². The molecular formula is C21H18Cl2N2O5S. The van der Waals surface area contributed by atoms with Gasteiger partial charge in [0.2, 0.25) is 5.91 Å². The van der Waals surface area contributed by atoms with E-state index >= 15 is 0 Å². The molecule has 0 unspecified atom stereocenters. The lowest BCUT2D eigenvalue weighted by Gasteiger charge is -2.13. The first kappa shape index (κ1) is 23.0. The molecule has 1 fully saturated rings. The summed E-state index contributed by atoms with van der Waals surface area (Å²) in [5.74, 6) is -0.223. The molecule has 7 nitrogen and oxygen atoms in total. The van der Waals surface area contributed by atoms with Crippen LogP contribution in [0.1, 0.15) is 12.5 Å². The van der Waals surface area contributed by atoms with Gasteiger partial charge in [-0.25, -0.2) is 0 Å². The first-order chi connectivity index (χ1) is 14.8. The fraction of sp³-hybridized carbons (Fsp3) is 0.190. The molecule has 3 amide bonds. The van der Waals surface area contributed by atoms with Crippen molar-refractivity contribution in [1.29, 1.82) is 0 Å². The number of imide groups is 1. The van der Waals surface area contributed by atoms with Crippen LogP contribution in [0.2, 0.25) is 10.0 Å². The summed E-state index contributed by atoms with van der Waals surface area (Å²) in [5.41, 5.74) is 0.877. The minimum atomic E-state index is -0.589. The average molecular weight is 481 g/mol. The van der Waals surface area contributed by atoms with Gasteiger partial charge in [0.15, 0.2) is 11.5 Å². The molecule has 31 heavy (non-hydrogen) atoms. The molecule has 1 aliphatic rings. The van der Waals surface area contributed by atoms with Crippen LogP contribution in [0.4, 0.5) is 10.5 Å². The number of rotatable bonds is 7. The SMILES string of the molecule is CCOc1cc(/C=C2/SC(=O)N(CC(=O)Nc3ccccc3Cl)C2=O)c(Cl)cc1OC. The summed E-state index contributed by atoms with van der Waals surface area (Å²) in [7, 11) is 1.49. The van der Waals surface area contributed by atoms with Crippen molar-refractivity contribution in [2.24, 2.45) is 0 Å². The number of anilines is 1. The number of thioether (sulfide) groups is 1. The summed E-state index contributed by atoms with van der Waals surface area (Å²) in [6.45, 7) is 1.80. The Morgan fingerprint density at radius 1 is 1.16 bits per heavy atom. The van der Waals surface area contributed by atoms with Crippen molar-refractivity contribution in [1.82, 2.24) is 4.90 Å². The third-order valence-electron chi connectivity index (χ3n) is 4.19. The van der Waals surface area contributed by atoms with E-state index < -0.39 is 23.6 Å². The number of hydrogen-bond donors (Lipinski definition) is 1. The van der Waals surface area contributed by atoms with Crippen LogP contribution in [0, 0.1) is 0 Å².